The predicted octanol–water partition coefficient (Wildman–Crippen LogP) is 1.73. The average molecular weight is 351 g/mol. The van der Waals surface area contributed by atoms with Gasteiger partial charge in [-0.1, -0.05) is 49.4 Å². The Balaban J connectivity index is 1.54. The first kappa shape index (κ1) is 17.8. The van der Waals surface area contributed by atoms with E-state index in [2.05, 4.69) is 5.32 Å². The van der Waals surface area contributed by atoms with Crippen LogP contribution in [0.15, 0.2) is 54.6 Å². The van der Waals surface area contributed by atoms with Gasteiger partial charge in [-0.15, -0.1) is 0 Å². The Bertz CT molecular complexity index is 800. The molecular weight excluding hydrogens is 330 g/mol. The molecule has 1 heterocycles. The number of nitrogens with zero attached hydrogens (tertiary/aromatic N) is 1. The fraction of sp³-hybridized carbons (Fsp3) is 0.250. The number of hydrogen-bond donors (Lipinski definition) is 2. The maximum absolute atomic E-state index is 12.3. The van der Waals surface area contributed by atoms with Gasteiger partial charge in [-0.05, 0) is 17.7 Å². The van der Waals surface area contributed by atoms with E-state index in [-0.39, 0.29) is 30.8 Å². The molecule has 134 valence electrons. The molecule has 0 saturated heterocycles. The standard InChI is InChI=1S/C20H21N3O3/c1-13(17(21)14-7-3-2-4-8-14)18(24)22-11-12-23-19(25)15-9-5-6-10-16(15)20(23)26/h2-10,13,17H,11-12,21H2,1H3,(H,22,24). The molecule has 0 fully saturated rings. The van der Waals surface area contributed by atoms with Crippen LogP contribution >= 0.6 is 0 Å². The first-order chi connectivity index (χ1) is 12.5. The number of carbonyl (C=O) groups excluding carboxylic acids is 3. The fourth-order valence-corrected chi connectivity index (χ4v) is 3.02. The van der Waals surface area contributed by atoms with Crippen LogP contribution in [0.3, 0.4) is 0 Å². The Kier molecular flexibility index (Phi) is 5.14. The monoisotopic (exact) mass is 351 g/mol. The van der Waals surface area contributed by atoms with Crippen LogP contribution in [0, 0.1) is 5.92 Å². The number of hydrogen-bond acceptors (Lipinski definition) is 4. The summed E-state index contributed by atoms with van der Waals surface area (Å²) < 4.78 is 0. The molecule has 0 saturated carbocycles. The number of nitrogens with one attached hydrogen (secondary N) is 1. The maximum Gasteiger partial charge on any atom is 0.261 e. The number of benzene rings is 2. The summed E-state index contributed by atoms with van der Waals surface area (Å²) in [7, 11) is 0. The lowest BCUT2D eigenvalue weighted by atomic mass is 9.95. The summed E-state index contributed by atoms with van der Waals surface area (Å²) in [6.45, 7) is 2.08. The van der Waals surface area contributed by atoms with E-state index in [1.165, 1.54) is 0 Å². The molecule has 26 heavy (non-hydrogen) atoms. The van der Waals surface area contributed by atoms with Gasteiger partial charge < -0.3 is 11.1 Å². The van der Waals surface area contributed by atoms with E-state index in [1.807, 2.05) is 30.3 Å². The molecule has 2 atom stereocenters. The molecule has 0 spiro atoms. The van der Waals surface area contributed by atoms with Gasteiger partial charge in [0.05, 0.1) is 17.0 Å². The highest BCUT2D eigenvalue weighted by molar-refractivity contribution is 6.21. The quantitative estimate of drug-likeness (QED) is 0.775. The number of carbonyl (C=O) groups is 3. The molecule has 1 aliphatic rings. The van der Waals surface area contributed by atoms with Gasteiger partial charge >= 0.3 is 0 Å². The van der Waals surface area contributed by atoms with Crippen LogP contribution in [0.25, 0.3) is 0 Å². The van der Waals surface area contributed by atoms with Crippen LogP contribution in [0.1, 0.15) is 39.2 Å². The Morgan fingerprint density at radius 2 is 1.54 bits per heavy atom. The molecule has 2 aromatic rings. The zero-order valence-electron chi connectivity index (χ0n) is 14.5. The number of rotatable bonds is 6. The Morgan fingerprint density at radius 1 is 1.00 bits per heavy atom. The molecule has 2 aromatic carbocycles. The van der Waals surface area contributed by atoms with Crippen molar-refractivity contribution in [3.05, 3.63) is 71.3 Å². The van der Waals surface area contributed by atoms with Gasteiger partial charge in [-0.2, -0.15) is 0 Å². The van der Waals surface area contributed by atoms with Crippen LogP contribution in [0.5, 0.6) is 0 Å². The molecule has 3 N–H and O–H groups in total. The summed E-state index contributed by atoms with van der Waals surface area (Å²) in [4.78, 5) is 38.1. The maximum atomic E-state index is 12.3. The van der Waals surface area contributed by atoms with Crippen molar-refractivity contribution in [2.45, 2.75) is 13.0 Å². The van der Waals surface area contributed by atoms with Gasteiger partial charge in [0.25, 0.3) is 11.8 Å². The van der Waals surface area contributed by atoms with E-state index in [1.54, 1.807) is 31.2 Å². The Hall–Kier alpha value is -2.99. The summed E-state index contributed by atoms with van der Waals surface area (Å²) in [5.74, 6) is -1.29. The molecular formula is C20H21N3O3. The zero-order valence-corrected chi connectivity index (χ0v) is 14.5. The highest BCUT2D eigenvalue weighted by atomic mass is 16.2. The lowest BCUT2D eigenvalue weighted by molar-refractivity contribution is -0.125. The third-order valence-corrected chi connectivity index (χ3v) is 4.65. The summed E-state index contributed by atoms with van der Waals surface area (Å²) >= 11 is 0. The van der Waals surface area contributed by atoms with Gasteiger partial charge in [0.1, 0.15) is 0 Å². The topological polar surface area (TPSA) is 92.5 Å². The molecule has 0 radical (unpaired) electrons. The van der Waals surface area contributed by atoms with Crippen molar-refractivity contribution in [3.8, 4) is 0 Å². The SMILES string of the molecule is CC(C(=O)NCCN1C(=O)c2ccccc2C1=O)C(N)c1ccccc1. The predicted molar refractivity (Wildman–Crippen MR) is 97.4 cm³/mol. The van der Waals surface area contributed by atoms with Crippen molar-refractivity contribution < 1.29 is 14.4 Å². The van der Waals surface area contributed by atoms with E-state index in [0.29, 0.717) is 11.1 Å². The third-order valence-electron chi connectivity index (χ3n) is 4.65. The van der Waals surface area contributed by atoms with Gasteiger partial charge in [0.15, 0.2) is 0 Å². The lowest BCUT2D eigenvalue weighted by Gasteiger charge is -2.21. The second-order valence-corrected chi connectivity index (χ2v) is 6.32. The average Bonchev–Trinajstić information content (AvgIpc) is 2.92. The normalized spacial score (nSPS) is 15.5. The van der Waals surface area contributed by atoms with Crippen LogP contribution in [0.4, 0.5) is 0 Å². The van der Waals surface area contributed by atoms with E-state index in [9.17, 15) is 14.4 Å². The lowest BCUT2D eigenvalue weighted by Crippen LogP contribution is -2.41. The largest absolute Gasteiger partial charge is 0.354 e. The summed E-state index contributed by atoms with van der Waals surface area (Å²) in [5, 5.41) is 2.76. The third kappa shape index (κ3) is 3.36. The van der Waals surface area contributed by atoms with E-state index < -0.39 is 12.0 Å². The molecule has 0 aromatic heterocycles. The van der Waals surface area contributed by atoms with E-state index in [4.69, 9.17) is 5.73 Å². The highest BCUT2D eigenvalue weighted by Gasteiger charge is 2.34. The minimum absolute atomic E-state index is 0.130. The second-order valence-electron chi connectivity index (χ2n) is 6.32. The number of fused-ring (bicyclic) bond motifs is 1. The Labute approximate surface area is 152 Å². The number of amides is 3. The first-order valence-corrected chi connectivity index (χ1v) is 8.54. The summed E-state index contributed by atoms with van der Waals surface area (Å²) in [6, 6.07) is 15.7. The van der Waals surface area contributed by atoms with Gasteiger partial charge in [-0.25, -0.2) is 0 Å². The second kappa shape index (κ2) is 7.49. The molecule has 3 rings (SSSR count). The van der Waals surface area contributed by atoms with Crippen LogP contribution in [-0.4, -0.2) is 35.7 Å². The highest BCUT2D eigenvalue weighted by Crippen LogP contribution is 2.22. The van der Waals surface area contributed by atoms with Crippen molar-refractivity contribution in [2.24, 2.45) is 11.7 Å². The van der Waals surface area contributed by atoms with Crippen LogP contribution in [0.2, 0.25) is 0 Å². The molecule has 0 bridgehead atoms. The minimum atomic E-state index is -0.431. The van der Waals surface area contributed by atoms with E-state index >= 15 is 0 Å². The van der Waals surface area contributed by atoms with Crippen molar-refractivity contribution in [2.75, 3.05) is 13.1 Å². The number of imide groups is 1. The number of nitrogens with two attached hydrogens (primary N) is 1. The smallest absolute Gasteiger partial charge is 0.261 e. The minimum Gasteiger partial charge on any atom is -0.354 e. The van der Waals surface area contributed by atoms with Crippen LogP contribution in [-0.2, 0) is 4.79 Å². The van der Waals surface area contributed by atoms with Crippen molar-refractivity contribution >= 4 is 17.7 Å². The van der Waals surface area contributed by atoms with Crippen molar-refractivity contribution in [1.82, 2.24) is 10.2 Å². The summed E-state index contributed by atoms with van der Waals surface area (Å²) in [6.07, 6.45) is 0. The molecule has 6 heteroatoms. The molecule has 2 unspecified atom stereocenters. The van der Waals surface area contributed by atoms with Gasteiger partial charge in [0.2, 0.25) is 5.91 Å². The van der Waals surface area contributed by atoms with Gasteiger partial charge in [-0.3, -0.25) is 19.3 Å². The van der Waals surface area contributed by atoms with Gasteiger partial charge in [0, 0.05) is 19.1 Å². The molecule has 6 nitrogen and oxygen atoms in total. The fourth-order valence-electron chi connectivity index (χ4n) is 3.02. The van der Waals surface area contributed by atoms with Crippen LogP contribution < -0.4 is 11.1 Å². The molecule has 3 amide bonds. The first-order valence-electron chi connectivity index (χ1n) is 8.54. The van der Waals surface area contributed by atoms with E-state index in [0.717, 1.165) is 10.5 Å². The molecule has 1 aliphatic heterocycles. The summed E-state index contributed by atoms with van der Waals surface area (Å²) in [5.41, 5.74) is 7.85. The Morgan fingerprint density at radius 3 is 2.12 bits per heavy atom. The molecule has 0 aliphatic carbocycles. The zero-order chi connectivity index (χ0) is 18.7. The van der Waals surface area contributed by atoms with Crippen molar-refractivity contribution in [1.29, 1.82) is 0 Å². The van der Waals surface area contributed by atoms with Crippen molar-refractivity contribution in [3.63, 3.8) is 0 Å².